The molecule has 21 heavy (non-hydrogen) atoms. The maximum Gasteiger partial charge on any atom is 0.438 e. The third-order valence-corrected chi connectivity index (χ3v) is 3.81. The number of hydrogen-bond donors (Lipinski definition) is 0. The van der Waals surface area contributed by atoms with E-state index in [1.54, 1.807) is 19.4 Å². The average Bonchev–Trinajstić information content (AvgIpc) is 3.18. The minimum atomic E-state index is -0.475. The summed E-state index contributed by atoms with van der Waals surface area (Å²) in [6.45, 7) is 0. The van der Waals surface area contributed by atoms with Gasteiger partial charge in [0.05, 0.1) is 11.1 Å². The van der Waals surface area contributed by atoms with E-state index >= 15 is 0 Å². The number of imidazole rings is 1. The highest BCUT2D eigenvalue weighted by Crippen LogP contribution is 2.22. The first kappa shape index (κ1) is 13.4. The molecule has 1 amide bonds. The smallest absolute Gasteiger partial charge is 0.315 e. The summed E-state index contributed by atoms with van der Waals surface area (Å²) in [5.41, 5.74) is 0.764. The number of carbonyl (C=O) groups is 1. The van der Waals surface area contributed by atoms with Gasteiger partial charge in [-0.25, -0.2) is 9.78 Å². The molecule has 5 nitrogen and oxygen atoms in total. The van der Waals surface area contributed by atoms with E-state index in [1.165, 1.54) is 21.0 Å². The predicted octanol–water partition coefficient (Wildman–Crippen LogP) is 3.30. The molecule has 3 aromatic rings. The molecule has 0 N–H and O–H groups in total. The first-order chi connectivity index (χ1) is 10.3. The molecule has 0 fully saturated rings. The molecule has 0 aliphatic heterocycles. The van der Waals surface area contributed by atoms with Crippen LogP contribution in [0.5, 0.6) is 0 Å². The van der Waals surface area contributed by atoms with Crippen LogP contribution in [-0.4, -0.2) is 22.9 Å². The van der Waals surface area contributed by atoms with Gasteiger partial charge in [-0.15, -0.1) is 11.3 Å². The first-order valence-corrected chi connectivity index (χ1v) is 7.22. The SMILES string of the molecule is CN(C(=O)On1ccnc1-c1cccs1)c1ccccc1. The second-order valence-corrected chi connectivity index (χ2v) is 5.25. The maximum atomic E-state index is 12.2. The van der Waals surface area contributed by atoms with Gasteiger partial charge in [-0.1, -0.05) is 24.3 Å². The van der Waals surface area contributed by atoms with Gasteiger partial charge in [0.1, 0.15) is 0 Å². The molecular weight excluding hydrogens is 286 g/mol. The van der Waals surface area contributed by atoms with Crippen LogP contribution in [0.1, 0.15) is 0 Å². The molecular formula is C15H13N3O2S. The predicted molar refractivity (Wildman–Crippen MR) is 82.4 cm³/mol. The number of anilines is 1. The number of amides is 1. The van der Waals surface area contributed by atoms with Crippen molar-refractivity contribution in [2.24, 2.45) is 0 Å². The molecule has 0 spiro atoms. The van der Waals surface area contributed by atoms with Crippen LogP contribution in [0.3, 0.4) is 0 Å². The van der Waals surface area contributed by atoms with Crippen LogP contribution < -0.4 is 9.74 Å². The fourth-order valence-corrected chi connectivity index (χ4v) is 2.56. The molecule has 0 unspecified atom stereocenters. The molecule has 2 heterocycles. The van der Waals surface area contributed by atoms with Crippen LogP contribution >= 0.6 is 11.3 Å². The van der Waals surface area contributed by atoms with Crippen LogP contribution in [-0.2, 0) is 0 Å². The Kier molecular flexibility index (Phi) is 3.70. The van der Waals surface area contributed by atoms with Gasteiger partial charge in [0, 0.05) is 18.9 Å². The Bertz CT molecular complexity index is 722. The molecule has 6 heteroatoms. The van der Waals surface area contributed by atoms with Crippen LogP contribution in [0.2, 0.25) is 0 Å². The number of aromatic nitrogens is 2. The van der Waals surface area contributed by atoms with E-state index in [4.69, 9.17) is 4.84 Å². The van der Waals surface area contributed by atoms with Crippen LogP contribution in [0.4, 0.5) is 10.5 Å². The Labute approximate surface area is 126 Å². The third kappa shape index (κ3) is 2.80. The van der Waals surface area contributed by atoms with Crippen LogP contribution in [0.15, 0.2) is 60.2 Å². The van der Waals surface area contributed by atoms with Gasteiger partial charge in [-0.3, -0.25) is 4.90 Å². The van der Waals surface area contributed by atoms with E-state index in [9.17, 15) is 4.79 Å². The van der Waals surface area contributed by atoms with Gasteiger partial charge in [0.25, 0.3) is 0 Å². The molecule has 0 saturated carbocycles. The van der Waals surface area contributed by atoms with E-state index in [-0.39, 0.29) is 0 Å². The van der Waals surface area contributed by atoms with Crippen molar-refractivity contribution in [2.75, 3.05) is 11.9 Å². The van der Waals surface area contributed by atoms with E-state index in [2.05, 4.69) is 4.98 Å². The molecule has 0 aliphatic carbocycles. The summed E-state index contributed by atoms with van der Waals surface area (Å²) in [5.74, 6) is 0.611. The normalized spacial score (nSPS) is 10.3. The third-order valence-electron chi connectivity index (χ3n) is 2.94. The molecule has 0 atom stereocenters. The van der Waals surface area contributed by atoms with Crippen molar-refractivity contribution in [3.63, 3.8) is 0 Å². The lowest BCUT2D eigenvalue weighted by Crippen LogP contribution is -2.34. The Balaban J connectivity index is 1.78. The number of para-hydroxylation sites is 1. The van der Waals surface area contributed by atoms with Crippen LogP contribution in [0, 0.1) is 0 Å². The van der Waals surface area contributed by atoms with Crippen molar-refractivity contribution in [1.82, 2.24) is 9.71 Å². The average molecular weight is 299 g/mol. The van der Waals surface area contributed by atoms with E-state index in [1.807, 2.05) is 47.8 Å². The summed E-state index contributed by atoms with van der Waals surface area (Å²) in [6, 6.07) is 13.2. The summed E-state index contributed by atoms with van der Waals surface area (Å²) >= 11 is 1.54. The van der Waals surface area contributed by atoms with Gasteiger partial charge < -0.3 is 4.84 Å². The minimum Gasteiger partial charge on any atom is -0.315 e. The molecule has 3 rings (SSSR count). The number of hydrogen-bond acceptors (Lipinski definition) is 4. The molecule has 0 saturated heterocycles. The first-order valence-electron chi connectivity index (χ1n) is 6.34. The van der Waals surface area contributed by atoms with E-state index < -0.39 is 6.09 Å². The number of rotatable bonds is 3. The summed E-state index contributed by atoms with van der Waals surface area (Å²) in [5, 5.41) is 1.95. The quantitative estimate of drug-likeness (QED) is 0.745. The zero-order chi connectivity index (χ0) is 14.7. The van der Waals surface area contributed by atoms with Gasteiger partial charge in [0.15, 0.2) is 5.82 Å². The maximum absolute atomic E-state index is 12.2. The summed E-state index contributed by atoms with van der Waals surface area (Å²) in [4.78, 5) is 24.2. The Morgan fingerprint density at radius 1 is 1.24 bits per heavy atom. The fraction of sp³-hybridized carbons (Fsp3) is 0.0667. The lowest BCUT2D eigenvalue weighted by atomic mass is 10.3. The Morgan fingerprint density at radius 2 is 2.05 bits per heavy atom. The van der Waals surface area contributed by atoms with Gasteiger partial charge in [-0.05, 0) is 23.6 Å². The minimum absolute atomic E-state index is 0.475. The van der Waals surface area contributed by atoms with E-state index in [0.29, 0.717) is 5.82 Å². The van der Waals surface area contributed by atoms with Crippen LogP contribution in [0.25, 0.3) is 10.7 Å². The number of thiophene rings is 1. The van der Waals surface area contributed by atoms with Crippen molar-refractivity contribution >= 4 is 23.1 Å². The molecule has 106 valence electrons. The summed E-state index contributed by atoms with van der Waals surface area (Å²) < 4.78 is 1.38. The molecule has 2 aromatic heterocycles. The Hall–Kier alpha value is -2.60. The van der Waals surface area contributed by atoms with Crippen molar-refractivity contribution in [2.45, 2.75) is 0 Å². The highest BCUT2D eigenvalue weighted by atomic mass is 32.1. The molecule has 1 aromatic carbocycles. The van der Waals surface area contributed by atoms with Gasteiger partial charge in [-0.2, -0.15) is 4.73 Å². The van der Waals surface area contributed by atoms with Crippen molar-refractivity contribution in [3.05, 3.63) is 60.2 Å². The van der Waals surface area contributed by atoms with Crippen molar-refractivity contribution in [1.29, 1.82) is 0 Å². The molecule has 0 bridgehead atoms. The highest BCUT2D eigenvalue weighted by molar-refractivity contribution is 7.13. The largest absolute Gasteiger partial charge is 0.438 e. The summed E-state index contributed by atoms with van der Waals surface area (Å²) in [7, 11) is 1.67. The molecule has 0 radical (unpaired) electrons. The second-order valence-electron chi connectivity index (χ2n) is 4.31. The van der Waals surface area contributed by atoms with Crippen molar-refractivity contribution in [3.8, 4) is 10.7 Å². The fourth-order valence-electron chi connectivity index (χ4n) is 1.85. The number of carbonyl (C=O) groups excluding carboxylic acids is 1. The second kappa shape index (κ2) is 5.80. The lowest BCUT2D eigenvalue weighted by molar-refractivity contribution is 0.143. The summed E-state index contributed by atoms with van der Waals surface area (Å²) in [6.07, 6.45) is 2.74. The number of nitrogens with zero attached hydrogens (tertiary/aromatic N) is 3. The molecule has 0 aliphatic rings. The van der Waals surface area contributed by atoms with Gasteiger partial charge in [0.2, 0.25) is 0 Å². The lowest BCUT2D eigenvalue weighted by Gasteiger charge is -2.17. The highest BCUT2D eigenvalue weighted by Gasteiger charge is 2.16. The zero-order valence-corrected chi connectivity index (χ0v) is 12.2. The van der Waals surface area contributed by atoms with E-state index in [0.717, 1.165) is 10.6 Å². The Morgan fingerprint density at radius 3 is 2.76 bits per heavy atom. The number of benzene rings is 1. The zero-order valence-electron chi connectivity index (χ0n) is 11.3. The topological polar surface area (TPSA) is 47.4 Å². The van der Waals surface area contributed by atoms with Crippen molar-refractivity contribution < 1.29 is 9.63 Å². The standard InChI is InChI=1S/C15H13N3O2S/c1-17(12-6-3-2-4-7-12)15(19)20-18-10-9-16-14(18)13-8-5-11-21-13/h2-11H,1H3. The van der Waals surface area contributed by atoms with Gasteiger partial charge >= 0.3 is 6.09 Å². The monoisotopic (exact) mass is 299 g/mol.